The number of hydrogen-bond donors (Lipinski definition) is 3. The largest absolute Gasteiger partial charge is 0.573 e. The van der Waals surface area contributed by atoms with Gasteiger partial charge in [0.05, 0.1) is 18.2 Å². The molecule has 3 N–H and O–H groups in total. The third kappa shape index (κ3) is 9.59. The summed E-state index contributed by atoms with van der Waals surface area (Å²) in [5.41, 5.74) is -0.934. The molecule has 0 aliphatic rings. The number of halogens is 6. The van der Waals surface area contributed by atoms with Crippen LogP contribution >= 0.6 is 0 Å². The van der Waals surface area contributed by atoms with E-state index >= 15 is 0 Å². The van der Waals surface area contributed by atoms with Crippen molar-refractivity contribution in [2.24, 2.45) is 5.92 Å². The Labute approximate surface area is 233 Å². The molecule has 0 radical (unpaired) electrons. The molecule has 1 unspecified atom stereocenters. The maximum Gasteiger partial charge on any atom is 0.573 e. The van der Waals surface area contributed by atoms with Crippen molar-refractivity contribution in [3.05, 3.63) is 95.6 Å². The average molecular weight is 585 g/mol. The summed E-state index contributed by atoms with van der Waals surface area (Å²) in [6.07, 6.45) is -9.70. The summed E-state index contributed by atoms with van der Waals surface area (Å²) in [7, 11) is 0. The first-order valence-electron chi connectivity index (χ1n) is 12.6. The number of amides is 2. The molecule has 2 amide bonds. The van der Waals surface area contributed by atoms with Crippen LogP contribution in [-0.2, 0) is 12.0 Å². The van der Waals surface area contributed by atoms with Crippen LogP contribution in [0.5, 0.6) is 11.5 Å². The van der Waals surface area contributed by atoms with E-state index in [1.807, 2.05) is 13.8 Å². The maximum absolute atomic E-state index is 13.4. The molecular weight excluding hydrogens is 554 g/mol. The van der Waals surface area contributed by atoms with Crippen molar-refractivity contribution in [2.75, 3.05) is 6.61 Å². The molecule has 6 nitrogen and oxygen atoms in total. The molecule has 3 rings (SSSR count). The van der Waals surface area contributed by atoms with Crippen molar-refractivity contribution in [2.45, 2.75) is 51.0 Å². The van der Waals surface area contributed by atoms with Crippen molar-refractivity contribution in [1.82, 2.24) is 10.6 Å². The van der Waals surface area contributed by atoms with Crippen LogP contribution < -0.4 is 20.1 Å². The number of carbonyl (C=O) groups is 1. The lowest BCUT2D eigenvalue weighted by atomic mass is 9.77. The van der Waals surface area contributed by atoms with Gasteiger partial charge in [-0.2, -0.15) is 0 Å². The first kappa shape index (κ1) is 31.6. The minimum Gasteiger partial charge on any atom is -0.406 e. The van der Waals surface area contributed by atoms with Gasteiger partial charge in [-0.1, -0.05) is 68.4 Å². The predicted molar refractivity (Wildman–Crippen MR) is 139 cm³/mol. The Hall–Kier alpha value is -3.93. The number of hydrogen-bond acceptors (Lipinski definition) is 4. The quantitative estimate of drug-likeness (QED) is 0.220. The van der Waals surface area contributed by atoms with Gasteiger partial charge in [-0.3, -0.25) is 0 Å². The van der Waals surface area contributed by atoms with E-state index in [0.717, 1.165) is 24.3 Å². The highest BCUT2D eigenvalue weighted by Gasteiger charge is 2.39. The van der Waals surface area contributed by atoms with E-state index < -0.39 is 41.8 Å². The van der Waals surface area contributed by atoms with Crippen LogP contribution in [0.15, 0.2) is 78.9 Å². The number of rotatable bonds is 11. The second-order valence-corrected chi connectivity index (χ2v) is 9.83. The lowest BCUT2D eigenvalue weighted by Gasteiger charge is -2.37. The summed E-state index contributed by atoms with van der Waals surface area (Å²) >= 11 is 0. The summed E-state index contributed by atoms with van der Waals surface area (Å²) < 4.78 is 86.8. The van der Waals surface area contributed by atoms with E-state index in [1.165, 1.54) is 24.3 Å². The van der Waals surface area contributed by atoms with Gasteiger partial charge in [0.2, 0.25) is 0 Å². The number of alkyl halides is 6. The molecule has 222 valence electrons. The van der Waals surface area contributed by atoms with Crippen LogP contribution in [0.25, 0.3) is 0 Å². The van der Waals surface area contributed by atoms with E-state index in [1.54, 1.807) is 30.3 Å². The van der Waals surface area contributed by atoms with Gasteiger partial charge in [0, 0.05) is 6.42 Å². The van der Waals surface area contributed by atoms with Crippen molar-refractivity contribution >= 4 is 6.03 Å². The number of benzene rings is 3. The standard InChI is InChI=1S/C29H30F6N2O4/c1-19(2)14-23(18-38)36-26(39)37-27(17-20-8-4-3-5-9-20,21-10-6-12-24(15-21)40-28(30,31)32)22-11-7-13-25(16-22)41-29(33,34)35/h3-13,15-16,19,23,38H,14,17-18H2,1-2H3,(H2,36,37,39). The maximum atomic E-state index is 13.4. The molecule has 0 heterocycles. The summed E-state index contributed by atoms with van der Waals surface area (Å²) in [5.74, 6) is -1.08. The number of carbonyl (C=O) groups excluding carboxylic acids is 1. The first-order chi connectivity index (χ1) is 19.2. The average Bonchev–Trinajstić information content (AvgIpc) is 2.86. The zero-order chi connectivity index (χ0) is 30.3. The summed E-state index contributed by atoms with van der Waals surface area (Å²) in [5, 5.41) is 15.2. The molecule has 0 saturated heterocycles. The fraction of sp³-hybridized carbons (Fsp3) is 0.345. The van der Waals surface area contributed by atoms with E-state index in [-0.39, 0.29) is 30.1 Å². The molecule has 0 aromatic heterocycles. The molecule has 0 fully saturated rings. The summed E-state index contributed by atoms with van der Waals surface area (Å²) in [4.78, 5) is 13.4. The lowest BCUT2D eigenvalue weighted by Crippen LogP contribution is -2.54. The number of urea groups is 1. The van der Waals surface area contributed by atoms with Gasteiger partial charge in [-0.05, 0) is 53.3 Å². The number of aliphatic hydroxyl groups excluding tert-OH is 1. The number of nitrogens with one attached hydrogen (secondary N) is 2. The number of ether oxygens (including phenoxy) is 2. The van der Waals surface area contributed by atoms with Crippen molar-refractivity contribution in [3.8, 4) is 11.5 Å². The Morgan fingerprint density at radius 2 is 1.32 bits per heavy atom. The third-order valence-electron chi connectivity index (χ3n) is 6.07. The third-order valence-corrected chi connectivity index (χ3v) is 6.07. The second-order valence-electron chi connectivity index (χ2n) is 9.83. The molecule has 3 aromatic carbocycles. The predicted octanol–water partition coefficient (Wildman–Crippen LogP) is 6.68. The molecule has 0 saturated carbocycles. The number of aliphatic hydroxyl groups is 1. The van der Waals surface area contributed by atoms with Crippen LogP contribution in [0, 0.1) is 5.92 Å². The van der Waals surface area contributed by atoms with E-state index in [2.05, 4.69) is 20.1 Å². The van der Waals surface area contributed by atoms with Crippen molar-refractivity contribution in [3.63, 3.8) is 0 Å². The normalized spacial score (nSPS) is 13.0. The Morgan fingerprint density at radius 3 is 1.76 bits per heavy atom. The Bertz CT molecular complexity index is 1220. The lowest BCUT2D eigenvalue weighted by molar-refractivity contribution is -0.275. The Kier molecular flexibility index (Phi) is 10.1. The monoisotopic (exact) mass is 584 g/mol. The van der Waals surface area contributed by atoms with Gasteiger partial charge in [-0.15, -0.1) is 26.3 Å². The molecule has 12 heteroatoms. The molecule has 1 atom stereocenters. The van der Waals surface area contributed by atoms with Crippen LogP contribution in [0.4, 0.5) is 31.1 Å². The topological polar surface area (TPSA) is 79.8 Å². The van der Waals surface area contributed by atoms with Gasteiger partial charge in [-0.25, -0.2) is 4.79 Å². The first-order valence-corrected chi connectivity index (χ1v) is 12.6. The second kappa shape index (κ2) is 13.2. The summed E-state index contributed by atoms with van der Waals surface area (Å²) in [6.45, 7) is 3.39. The van der Waals surface area contributed by atoms with Crippen molar-refractivity contribution in [1.29, 1.82) is 0 Å². The van der Waals surface area contributed by atoms with Crippen molar-refractivity contribution < 1.29 is 45.7 Å². The molecule has 0 spiro atoms. The smallest absolute Gasteiger partial charge is 0.406 e. The molecule has 0 bridgehead atoms. The fourth-order valence-electron chi connectivity index (χ4n) is 4.54. The highest BCUT2D eigenvalue weighted by atomic mass is 19.4. The molecule has 0 aliphatic heterocycles. The SMILES string of the molecule is CC(C)CC(CO)NC(=O)NC(Cc1ccccc1)(c1cccc(OC(F)(F)F)c1)c1cccc(OC(F)(F)F)c1. The van der Waals surface area contributed by atoms with Crippen LogP contribution in [0.3, 0.4) is 0 Å². The van der Waals surface area contributed by atoms with E-state index in [4.69, 9.17) is 0 Å². The van der Waals surface area contributed by atoms with Gasteiger partial charge >= 0.3 is 18.8 Å². The molecule has 0 aliphatic carbocycles. The minimum atomic E-state index is -5.02. The highest BCUT2D eigenvalue weighted by molar-refractivity contribution is 5.76. The van der Waals surface area contributed by atoms with Gasteiger partial charge in [0.15, 0.2) is 0 Å². The molecular formula is C29H30F6N2O4. The Morgan fingerprint density at radius 1 is 0.805 bits per heavy atom. The fourth-order valence-corrected chi connectivity index (χ4v) is 4.54. The summed E-state index contributed by atoms with van der Waals surface area (Å²) in [6, 6.07) is 16.8. The zero-order valence-electron chi connectivity index (χ0n) is 22.2. The minimum absolute atomic E-state index is 0.0832. The van der Waals surface area contributed by atoms with Crippen LogP contribution in [0.2, 0.25) is 0 Å². The Balaban J connectivity index is 2.22. The van der Waals surface area contributed by atoms with Gasteiger partial charge < -0.3 is 25.2 Å². The van der Waals surface area contributed by atoms with Gasteiger partial charge in [0.25, 0.3) is 0 Å². The van der Waals surface area contributed by atoms with E-state index in [0.29, 0.717) is 12.0 Å². The van der Waals surface area contributed by atoms with Crippen LogP contribution in [-0.4, -0.2) is 36.5 Å². The molecule has 41 heavy (non-hydrogen) atoms. The molecule has 3 aromatic rings. The van der Waals surface area contributed by atoms with E-state index in [9.17, 15) is 36.2 Å². The van der Waals surface area contributed by atoms with Crippen LogP contribution in [0.1, 0.15) is 37.0 Å². The highest BCUT2D eigenvalue weighted by Crippen LogP contribution is 2.38. The zero-order valence-corrected chi connectivity index (χ0v) is 22.2. The van der Waals surface area contributed by atoms with Gasteiger partial charge in [0.1, 0.15) is 11.5 Å².